The highest BCUT2D eigenvalue weighted by Crippen LogP contribution is 2.43. The number of hydrogen-bond acceptors (Lipinski definition) is 4. The number of carbonyl (C=O) groups excluding carboxylic acids is 1. The molecule has 0 aliphatic heterocycles. The molecule has 0 radical (unpaired) electrons. The number of hydrogen-bond donors (Lipinski definition) is 1. The SMILES string of the molecule is CCCc1cc(C2c3cc(OC)c(OC)cc3CCC2NC(=O)C(F)(F)F)cs1. The van der Waals surface area contributed by atoms with E-state index in [2.05, 4.69) is 12.2 Å². The number of ether oxygens (including phenoxy) is 2. The molecule has 2 unspecified atom stereocenters. The fourth-order valence-corrected chi connectivity index (χ4v) is 4.92. The van der Waals surface area contributed by atoms with E-state index in [9.17, 15) is 18.0 Å². The Labute approximate surface area is 172 Å². The lowest BCUT2D eigenvalue weighted by atomic mass is 9.76. The van der Waals surface area contributed by atoms with Crippen LogP contribution in [0.5, 0.6) is 11.5 Å². The van der Waals surface area contributed by atoms with Crippen molar-refractivity contribution in [2.75, 3.05) is 14.2 Å². The van der Waals surface area contributed by atoms with Crippen LogP contribution in [0.1, 0.15) is 47.3 Å². The first-order valence-electron chi connectivity index (χ1n) is 9.48. The molecule has 0 saturated carbocycles. The Morgan fingerprint density at radius 3 is 2.52 bits per heavy atom. The molecule has 1 heterocycles. The minimum Gasteiger partial charge on any atom is -0.493 e. The number of carbonyl (C=O) groups is 1. The molecular formula is C21H24F3NO3S. The third kappa shape index (κ3) is 4.52. The fraction of sp³-hybridized carbons (Fsp3) is 0.476. The van der Waals surface area contributed by atoms with Gasteiger partial charge in [0, 0.05) is 16.8 Å². The number of thiophene rings is 1. The van der Waals surface area contributed by atoms with Crippen LogP contribution in [-0.2, 0) is 17.6 Å². The van der Waals surface area contributed by atoms with Crippen molar-refractivity contribution in [3.05, 3.63) is 45.1 Å². The van der Waals surface area contributed by atoms with E-state index in [1.165, 1.54) is 12.0 Å². The van der Waals surface area contributed by atoms with E-state index in [0.717, 1.165) is 29.5 Å². The van der Waals surface area contributed by atoms with Crippen molar-refractivity contribution >= 4 is 17.2 Å². The summed E-state index contributed by atoms with van der Waals surface area (Å²) in [7, 11) is 3.07. The van der Waals surface area contributed by atoms with Crippen molar-refractivity contribution in [1.29, 1.82) is 0 Å². The summed E-state index contributed by atoms with van der Waals surface area (Å²) in [6.45, 7) is 2.08. The van der Waals surface area contributed by atoms with E-state index >= 15 is 0 Å². The summed E-state index contributed by atoms with van der Waals surface area (Å²) in [6.07, 6.45) is -2.06. The van der Waals surface area contributed by atoms with Gasteiger partial charge in [0.1, 0.15) is 0 Å². The highest BCUT2D eigenvalue weighted by atomic mass is 32.1. The summed E-state index contributed by atoms with van der Waals surface area (Å²) in [5, 5.41) is 4.20. The van der Waals surface area contributed by atoms with Gasteiger partial charge in [0.25, 0.3) is 0 Å². The molecule has 1 aliphatic rings. The van der Waals surface area contributed by atoms with Crippen molar-refractivity contribution in [3.8, 4) is 11.5 Å². The van der Waals surface area contributed by atoms with Crippen LogP contribution in [0.3, 0.4) is 0 Å². The zero-order valence-electron chi connectivity index (χ0n) is 16.6. The normalized spacial score (nSPS) is 18.8. The van der Waals surface area contributed by atoms with Crippen LogP contribution in [0.4, 0.5) is 13.2 Å². The Hall–Kier alpha value is -2.22. The monoisotopic (exact) mass is 427 g/mol. The number of methoxy groups -OCH3 is 2. The summed E-state index contributed by atoms with van der Waals surface area (Å²) in [4.78, 5) is 12.9. The number of alkyl halides is 3. The first kappa shape index (κ1) is 21.5. The lowest BCUT2D eigenvalue weighted by Gasteiger charge is -2.35. The topological polar surface area (TPSA) is 47.6 Å². The first-order valence-corrected chi connectivity index (χ1v) is 10.4. The molecule has 1 amide bonds. The highest BCUT2D eigenvalue weighted by Gasteiger charge is 2.42. The molecule has 2 atom stereocenters. The van der Waals surface area contributed by atoms with Crippen molar-refractivity contribution in [1.82, 2.24) is 5.32 Å². The van der Waals surface area contributed by atoms with Crippen LogP contribution in [0, 0.1) is 0 Å². The van der Waals surface area contributed by atoms with Gasteiger partial charge in [-0.3, -0.25) is 4.79 Å². The number of nitrogens with one attached hydrogen (secondary N) is 1. The lowest BCUT2D eigenvalue weighted by molar-refractivity contribution is -0.174. The van der Waals surface area contributed by atoms with Crippen molar-refractivity contribution < 1.29 is 27.4 Å². The van der Waals surface area contributed by atoms with Crippen LogP contribution < -0.4 is 14.8 Å². The van der Waals surface area contributed by atoms with E-state index in [1.807, 2.05) is 23.6 Å². The Morgan fingerprint density at radius 1 is 1.21 bits per heavy atom. The molecule has 0 saturated heterocycles. The molecule has 0 bridgehead atoms. The third-order valence-corrected chi connectivity index (χ3v) is 6.23. The number of halogens is 3. The maximum atomic E-state index is 12.9. The quantitative estimate of drug-likeness (QED) is 0.718. The summed E-state index contributed by atoms with van der Waals surface area (Å²) in [5.41, 5.74) is 2.77. The smallest absolute Gasteiger partial charge is 0.471 e. The molecule has 0 spiro atoms. The second kappa shape index (κ2) is 8.65. The second-order valence-corrected chi connectivity index (χ2v) is 8.09. The summed E-state index contributed by atoms with van der Waals surface area (Å²) < 4.78 is 49.5. The van der Waals surface area contributed by atoms with E-state index < -0.39 is 18.1 Å². The molecule has 1 aromatic heterocycles. The minimum atomic E-state index is -4.91. The van der Waals surface area contributed by atoms with Crippen molar-refractivity contribution in [3.63, 3.8) is 0 Å². The predicted octanol–water partition coefficient (Wildman–Crippen LogP) is 4.84. The Bertz CT molecular complexity index is 879. The Balaban J connectivity index is 2.06. The number of benzene rings is 1. The lowest BCUT2D eigenvalue weighted by Crippen LogP contribution is -2.47. The minimum absolute atomic E-state index is 0.383. The van der Waals surface area contributed by atoms with E-state index in [-0.39, 0.29) is 5.92 Å². The van der Waals surface area contributed by atoms with Gasteiger partial charge in [-0.15, -0.1) is 11.3 Å². The predicted molar refractivity (Wildman–Crippen MR) is 106 cm³/mol. The van der Waals surface area contributed by atoms with E-state index in [1.54, 1.807) is 18.4 Å². The summed E-state index contributed by atoms with van der Waals surface area (Å²) in [5.74, 6) is -1.19. The maximum Gasteiger partial charge on any atom is 0.471 e. The van der Waals surface area contributed by atoms with Gasteiger partial charge < -0.3 is 14.8 Å². The average Bonchev–Trinajstić information content (AvgIpc) is 3.14. The van der Waals surface area contributed by atoms with Gasteiger partial charge in [-0.2, -0.15) is 13.2 Å². The van der Waals surface area contributed by atoms with E-state index in [4.69, 9.17) is 9.47 Å². The fourth-order valence-electron chi connectivity index (χ4n) is 3.89. The van der Waals surface area contributed by atoms with Gasteiger partial charge in [0.15, 0.2) is 11.5 Å². The maximum absolute atomic E-state index is 12.9. The van der Waals surface area contributed by atoms with Gasteiger partial charge in [-0.25, -0.2) is 0 Å². The van der Waals surface area contributed by atoms with Gasteiger partial charge in [0.2, 0.25) is 0 Å². The van der Waals surface area contributed by atoms with Crippen LogP contribution in [0.25, 0.3) is 0 Å². The molecule has 3 rings (SSSR count). The number of aryl methyl sites for hydroxylation is 2. The first-order chi connectivity index (χ1) is 13.8. The largest absolute Gasteiger partial charge is 0.493 e. The molecule has 0 fully saturated rings. The molecule has 1 aromatic carbocycles. The van der Waals surface area contributed by atoms with Gasteiger partial charge >= 0.3 is 12.1 Å². The second-order valence-electron chi connectivity index (χ2n) is 7.10. The van der Waals surface area contributed by atoms with Crippen LogP contribution >= 0.6 is 11.3 Å². The van der Waals surface area contributed by atoms with Crippen LogP contribution in [0.2, 0.25) is 0 Å². The molecular weight excluding hydrogens is 403 g/mol. The molecule has 1 aliphatic carbocycles. The van der Waals surface area contributed by atoms with Gasteiger partial charge in [-0.05, 0) is 59.5 Å². The molecule has 2 aromatic rings. The Morgan fingerprint density at radius 2 is 1.90 bits per heavy atom. The summed E-state index contributed by atoms with van der Waals surface area (Å²) >= 11 is 1.60. The highest BCUT2D eigenvalue weighted by molar-refractivity contribution is 7.10. The summed E-state index contributed by atoms with van der Waals surface area (Å²) in [6, 6.07) is 5.08. The molecule has 8 heteroatoms. The molecule has 158 valence electrons. The van der Waals surface area contributed by atoms with Gasteiger partial charge in [0.05, 0.1) is 14.2 Å². The zero-order chi connectivity index (χ0) is 21.2. The number of fused-ring (bicyclic) bond motifs is 1. The third-order valence-electron chi connectivity index (χ3n) is 5.21. The van der Waals surface area contributed by atoms with Gasteiger partial charge in [-0.1, -0.05) is 13.3 Å². The average molecular weight is 427 g/mol. The van der Waals surface area contributed by atoms with Crippen LogP contribution in [-0.4, -0.2) is 32.3 Å². The number of amides is 1. The molecule has 4 nitrogen and oxygen atoms in total. The Kier molecular flexibility index (Phi) is 6.41. The number of rotatable bonds is 6. The zero-order valence-corrected chi connectivity index (χ0v) is 17.4. The van der Waals surface area contributed by atoms with Crippen molar-refractivity contribution in [2.45, 2.75) is 50.7 Å². The standard InChI is InChI=1S/C21H24F3NO3S/c1-4-5-14-8-13(11-29-14)19-15-10-18(28-3)17(27-2)9-12(15)6-7-16(19)25-20(26)21(22,23)24/h8-11,16,19H,4-7H2,1-3H3,(H,25,26). The van der Waals surface area contributed by atoms with Crippen molar-refractivity contribution in [2.24, 2.45) is 0 Å². The molecule has 29 heavy (non-hydrogen) atoms. The molecule has 1 N–H and O–H groups in total. The van der Waals surface area contributed by atoms with E-state index in [0.29, 0.717) is 24.3 Å². The van der Waals surface area contributed by atoms with Crippen LogP contribution in [0.15, 0.2) is 23.6 Å².